The topological polar surface area (TPSA) is 51.2 Å². The molecule has 0 aliphatic heterocycles. The van der Waals surface area contributed by atoms with Gasteiger partial charge in [0.1, 0.15) is 4.90 Å². The number of hydrogen-bond acceptors (Lipinski definition) is 3. The minimum absolute atomic E-state index is 0.00772. The Morgan fingerprint density at radius 2 is 1.87 bits per heavy atom. The molecule has 0 saturated carbocycles. The molecular formula is C8H5Cl3O3S. The van der Waals surface area contributed by atoms with Crippen molar-refractivity contribution in [1.29, 1.82) is 0 Å². The molecular weight excluding hydrogens is 283 g/mol. The summed E-state index contributed by atoms with van der Waals surface area (Å²) < 4.78 is 22.2. The van der Waals surface area contributed by atoms with E-state index in [1.54, 1.807) is 6.92 Å². The van der Waals surface area contributed by atoms with E-state index in [1.165, 1.54) is 6.07 Å². The van der Waals surface area contributed by atoms with E-state index in [4.69, 9.17) is 33.9 Å². The van der Waals surface area contributed by atoms with Crippen LogP contribution in [0.15, 0.2) is 17.0 Å². The average Bonchev–Trinajstić information content (AvgIpc) is 2.06. The normalized spacial score (nSPS) is 11.5. The standard InChI is InChI=1S/C8H5Cl3O3S/c1-4-2-5(8(10)12)3-6(7(4)9)15(11,13)14/h2-3H,1H3. The molecule has 3 nitrogen and oxygen atoms in total. The molecule has 0 spiro atoms. The van der Waals surface area contributed by atoms with Crippen LogP contribution in [0.25, 0.3) is 0 Å². The molecule has 1 aromatic carbocycles. The van der Waals surface area contributed by atoms with Crippen molar-refractivity contribution in [3.05, 3.63) is 28.3 Å². The molecule has 7 heteroatoms. The Morgan fingerprint density at radius 3 is 2.27 bits per heavy atom. The Hall–Kier alpha value is -0.290. The summed E-state index contributed by atoms with van der Waals surface area (Å²) in [5.74, 6) is 0. The highest BCUT2D eigenvalue weighted by molar-refractivity contribution is 8.13. The summed E-state index contributed by atoms with van der Waals surface area (Å²) in [4.78, 5) is 10.6. The molecule has 0 aliphatic carbocycles. The van der Waals surface area contributed by atoms with Crippen LogP contribution < -0.4 is 0 Å². The van der Waals surface area contributed by atoms with E-state index in [-0.39, 0.29) is 15.5 Å². The molecule has 1 aromatic rings. The highest BCUT2D eigenvalue weighted by Crippen LogP contribution is 2.29. The molecule has 0 radical (unpaired) electrons. The first kappa shape index (κ1) is 12.8. The fourth-order valence-electron chi connectivity index (χ4n) is 1.03. The van der Waals surface area contributed by atoms with Crippen LogP contribution in [0.4, 0.5) is 0 Å². The number of benzene rings is 1. The first-order valence-electron chi connectivity index (χ1n) is 3.68. The zero-order valence-corrected chi connectivity index (χ0v) is 10.5. The summed E-state index contributed by atoms with van der Waals surface area (Å²) in [6.07, 6.45) is 0. The minimum Gasteiger partial charge on any atom is -0.276 e. The van der Waals surface area contributed by atoms with Gasteiger partial charge in [0, 0.05) is 16.2 Å². The third-order valence-corrected chi connectivity index (χ3v) is 3.89. The van der Waals surface area contributed by atoms with E-state index in [2.05, 4.69) is 0 Å². The number of carbonyl (C=O) groups excluding carboxylic acids is 1. The molecule has 0 amide bonds. The van der Waals surface area contributed by atoms with Crippen LogP contribution in [0.1, 0.15) is 15.9 Å². The van der Waals surface area contributed by atoms with Crippen LogP contribution in [0, 0.1) is 6.92 Å². The Morgan fingerprint density at radius 1 is 1.33 bits per heavy atom. The maximum absolute atomic E-state index is 11.1. The van der Waals surface area contributed by atoms with Crippen molar-refractivity contribution in [3.63, 3.8) is 0 Å². The number of aryl methyl sites for hydroxylation is 1. The van der Waals surface area contributed by atoms with E-state index in [0.717, 1.165) is 6.07 Å². The maximum Gasteiger partial charge on any atom is 0.262 e. The van der Waals surface area contributed by atoms with Gasteiger partial charge in [-0.15, -0.1) is 0 Å². The van der Waals surface area contributed by atoms with Gasteiger partial charge in [-0.25, -0.2) is 8.42 Å². The molecule has 0 fully saturated rings. The van der Waals surface area contributed by atoms with Gasteiger partial charge in [0.25, 0.3) is 14.3 Å². The zero-order valence-electron chi connectivity index (χ0n) is 7.42. The van der Waals surface area contributed by atoms with Gasteiger partial charge in [0.2, 0.25) is 0 Å². The summed E-state index contributed by atoms with van der Waals surface area (Å²) >= 11 is 11.0. The second kappa shape index (κ2) is 4.29. The molecule has 0 atom stereocenters. The number of rotatable bonds is 2. The summed E-state index contributed by atoms with van der Waals surface area (Å²) in [6, 6.07) is 2.44. The second-order valence-electron chi connectivity index (χ2n) is 2.82. The predicted molar refractivity (Wildman–Crippen MR) is 59.4 cm³/mol. The van der Waals surface area contributed by atoms with Gasteiger partial charge in [-0.2, -0.15) is 0 Å². The summed E-state index contributed by atoms with van der Waals surface area (Å²) in [7, 11) is 1.16. The van der Waals surface area contributed by atoms with Crippen molar-refractivity contribution < 1.29 is 13.2 Å². The lowest BCUT2D eigenvalue weighted by Crippen LogP contribution is -1.98. The molecule has 0 aliphatic rings. The third-order valence-electron chi connectivity index (χ3n) is 1.71. The van der Waals surface area contributed by atoms with Gasteiger partial charge in [-0.1, -0.05) is 11.6 Å². The first-order chi connectivity index (χ1) is 6.73. The molecule has 0 unspecified atom stereocenters. The van der Waals surface area contributed by atoms with Crippen LogP contribution in [0.5, 0.6) is 0 Å². The minimum atomic E-state index is -3.98. The molecule has 0 heterocycles. The smallest absolute Gasteiger partial charge is 0.262 e. The average molecular weight is 288 g/mol. The molecule has 82 valence electrons. The van der Waals surface area contributed by atoms with Crippen LogP contribution in [-0.4, -0.2) is 13.7 Å². The van der Waals surface area contributed by atoms with Crippen molar-refractivity contribution in [2.75, 3.05) is 0 Å². The van der Waals surface area contributed by atoms with Crippen molar-refractivity contribution in [3.8, 4) is 0 Å². The van der Waals surface area contributed by atoms with Gasteiger partial charge >= 0.3 is 0 Å². The summed E-state index contributed by atoms with van der Waals surface area (Å²) in [5.41, 5.74) is 0.459. The van der Waals surface area contributed by atoms with Crippen LogP contribution >= 0.6 is 33.9 Å². The second-order valence-corrected chi connectivity index (χ2v) is 6.07. The Balaban J connectivity index is 3.59. The Bertz CT molecular complexity index is 522. The maximum atomic E-state index is 11.1. The molecule has 0 saturated heterocycles. The van der Waals surface area contributed by atoms with Crippen LogP contribution in [0.2, 0.25) is 5.02 Å². The van der Waals surface area contributed by atoms with Crippen molar-refractivity contribution in [2.45, 2.75) is 11.8 Å². The van der Waals surface area contributed by atoms with Gasteiger partial charge in [0.15, 0.2) is 0 Å². The van der Waals surface area contributed by atoms with E-state index in [9.17, 15) is 13.2 Å². The fraction of sp³-hybridized carbons (Fsp3) is 0.125. The van der Waals surface area contributed by atoms with Gasteiger partial charge < -0.3 is 0 Å². The quantitative estimate of drug-likeness (QED) is 0.786. The monoisotopic (exact) mass is 286 g/mol. The fourth-order valence-corrected chi connectivity index (χ4v) is 2.68. The number of carbonyl (C=O) groups is 1. The summed E-state index contributed by atoms with van der Waals surface area (Å²) in [6.45, 7) is 1.55. The largest absolute Gasteiger partial charge is 0.276 e. The highest BCUT2D eigenvalue weighted by Gasteiger charge is 2.19. The van der Waals surface area contributed by atoms with Gasteiger partial charge in [0.05, 0.1) is 5.02 Å². The third kappa shape index (κ3) is 2.84. The Labute approximate surface area is 101 Å². The van der Waals surface area contributed by atoms with E-state index in [1.807, 2.05) is 0 Å². The van der Waals surface area contributed by atoms with Crippen molar-refractivity contribution in [2.24, 2.45) is 0 Å². The molecule has 0 aromatic heterocycles. The van der Waals surface area contributed by atoms with E-state index >= 15 is 0 Å². The lowest BCUT2D eigenvalue weighted by atomic mass is 10.1. The predicted octanol–water partition coefficient (Wildman–Crippen LogP) is 2.95. The lowest BCUT2D eigenvalue weighted by Gasteiger charge is -2.05. The SMILES string of the molecule is Cc1cc(C(=O)Cl)cc(S(=O)(=O)Cl)c1Cl. The zero-order chi connectivity index (χ0) is 11.8. The number of hydrogen-bond donors (Lipinski definition) is 0. The highest BCUT2D eigenvalue weighted by atomic mass is 35.7. The summed E-state index contributed by atoms with van der Waals surface area (Å²) in [5, 5.41) is -0.775. The molecule has 15 heavy (non-hydrogen) atoms. The molecule has 1 rings (SSSR count). The van der Waals surface area contributed by atoms with Crippen molar-refractivity contribution in [1.82, 2.24) is 0 Å². The van der Waals surface area contributed by atoms with E-state index in [0.29, 0.717) is 5.56 Å². The van der Waals surface area contributed by atoms with Crippen molar-refractivity contribution >= 4 is 48.2 Å². The molecule has 0 bridgehead atoms. The Kier molecular flexibility index (Phi) is 3.66. The number of halogens is 3. The van der Waals surface area contributed by atoms with Crippen LogP contribution in [0.3, 0.4) is 0 Å². The first-order valence-corrected chi connectivity index (χ1v) is 6.74. The van der Waals surface area contributed by atoms with Gasteiger partial charge in [-0.3, -0.25) is 4.79 Å². The lowest BCUT2D eigenvalue weighted by molar-refractivity contribution is 0.108. The van der Waals surface area contributed by atoms with Crippen LogP contribution in [-0.2, 0) is 9.05 Å². The van der Waals surface area contributed by atoms with Gasteiger partial charge in [-0.05, 0) is 36.2 Å². The molecule has 0 N–H and O–H groups in total. The van der Waals surface area contributed by atoms with E-state index < -0.39 is 14.3 Å².